The third-order valence-electron chi connectivity index (χ3n) is 3.25. The van der Waals surface area contributed by atoms with Crippen LogP contribution in [-0.4, -0.2) is 11.1 Å². The van der Waals surface area contributed by atoms with E-state index < -0.39 is 11.4 Å². The molecule has 0 aliphatic heterocycles. The third-order valence-corrected chi connectivity index (χ3v) is 3.58. The van der Waals surface area contributed by atoms with Crippen LogP contribution in [0, 0.1) is 6.92 Å². The quantitative estimate of drug-likeness (QED) is 0.838. The van der Waals surface area contributed by atoms with Crippen molar-refractivity contribution in [1.82, 2.24) is 0 Å². The minimum Gasteiger partial charge on any atom is -0.481 e. The molecule has 1 saturated carbocycles. The maximum Gasteiger partial charge on any atom is 0.314 e. The molecule has 3 heteroatoms. The molecule has 80 valence electrons. The van der Waals surface area contributed by atoms with E-state index in [-0.39, 0.29) is 0 Å². The number of halogens is 1. The van der Waals surface area contributed by atoms with Gasteiger partial charge in [-0.25, -0.2) is 0 Å². The summed E-state index contributed by atoms with van der Waals surface area (Å²) in [6, 6.07) is 5.59. The van der Waals surface area contributed by atoms with Crippen molar-refractivity contribution in [2.75, 3.05) is 0 Å². The van der Waals surface area contributed by atoms with Crippen LogP contribution in [0.1, 0.15) is 30.4 Å². The molecular formula is C12H13ClO2. The molecule has 0 spiro atoms. The standard InChI is InChI=1S/C12H13ClO2/c1-8-3-4-10(13)9(7-8)12(11(14)15)5-2-6-12/h3-4,7H,2,5-6H2,1H3,(H,14,15). The lowest BCUT2D eigenvalue weighted by Crippen LogP contribution is -2.42. The molecule has 0 aromatic heterocycles. The normalized spacial score (nSPS) is 18.3. The summed E-state index contributed by atoms with van der Waals surface area (Å²) in [6.07, 6.45) is 2.37. The Balaban J connectivity index is 2.51. The van der Waals surface area contributed by atoms with Crippen molar-refractivity contribution in [3.05, 3.63) is 34.3 Å². The molecule has 0 heterocycles. The summed E-state index contributed by atoms with van der Waals surface area (Å²) in [6.45, 7) is 1.95. The van der Waals surface area contributed by atoms with Crippen molar-refractivity contribution in [1.29, 1.82) is 0 Å². The lowest BCUT2D eigenvalue weighted by Gasteiger charge is -2.38. The van der Waals surface area contributed by atoms with Crippen LogP contribution in [0.25, 0.3) is 0 Å². The van der Waals surface area contributed by atoms with Gasteiger partial charge in [0.05, 0.1) is 5.41 Å². The fraction of sp³-hybridized carbons (Fsp3) is 0.417. The second kappa shape index (κ2) is 3.53. The lowest BCUT2D eigenvalue weighted by atomic mass is 9.64. The van der Waals surface area contributed by atoms with Crippen molar-refractivity contribution < 1.29 is 9.90 Å². The van der Waals surface area contributed by atoms with Crippen molar-refractivity contribution in [2.24, 2.45) is 0 Å². The maximum absolute atomic E-state index is 11.3. The molecule has 1 aliphatic carbocycles. The van der Waals surface area contributed by atoms with Crippen LogP contribution in [0.3, 0.4) is 0 Å². The summed E-state index contributed by atoms with van der Waals surface area (Å²) < 4.78 is 0. The van der Waals surface area contributed by atoms with E-state index in [1.807, 2.05) is 19.1 Å². The Morgan fingerprint density at radius 2 is 2.13 bits per heavy atom. The molecular weight excluding hydrogens is 212 g/mol. The van der Waals surface area contributed by atoms with Crippen LogP contribution in [0.2, 0.25) is 5.02 Å². The first-order valence-corrected chi connectivity index (χ1v) is 5.44. The van der Waals surface area contributed by atoms with E-state index in [0.29, 0.717) is 17.9 Å². The fourth-order valence-corrected chi connectivity index (χ4v) is 2.43. The SMILES string of the molecule is Cc1ccc(Cl)c(C2(C(=O)O)CCC2)c1. The van der Waals surface area contributed by atoms with E-state index in [9.17, 15) is 9.90 Å². The smallest absolute Gasteiger partial charge is 0.314 e. The van der Waals surface area contributed by atoms with Gasteiger partial charge in [-0.1, -0.05) is 35.7 Å². The number of aliphatic carboxylic acids is 1. The molecule has 1 aromatic carbocycles. The largest absolute Gasteiger partial charge is 0.481 e. The number of rotatable bonds is 2. The van der Waals surface area contributed by atoms with Crippen LogP contribution in [-0.2, 0) is 10.2 Å². The van der Waals surface area contributed by atoms with Gasteiger partial charge in [-0.3, -0.25) is 4.79 Å². The predicted molar refractivity (Wildman–Crippen MR) is 59.4 cm³/mol. The summed E-state index contributed by atoms with van der Waals surface area (Å²) in [5.41, 5.74) is 1.12. The molecule has 0 bridgehead atoms. The first-order chi connectivity index (χ1) is 7.06. The highest BCUT2D eigenvalue weighted by Gasteiger charge is 2.47. The van der Waals surface area contributed by atoms with Crippen LogP contribution in [0.4, 0.5) is 0 Å². The second-order valence-electron chi connectivity index (χ2n) is 4.22. The Kier molecular flexibility index (Phi) is 2.47. The molecule has 1 aromatic rings. The molecule has 0 atom stereocenters. The van der Waals surface area contributed by atoms with E-state index in [2.05, 4.69) is 0 Å². The van der Waals surface area contributed by atoms with E-state index in [0.717, 1.165) is 17.5 Å². The monoisotopic (exact) mass is 224 g/mol. The lowest BCUT2D eigenvalue weighted by molar-refractivity contribution is -0.147. The highest BCUT2D eigenvalue weighted by atomic mass is 35.5. The number of hydrogen-bond donors (Lipinski definition) is 1. The van der Waals surface area contributed by atoms with Crippen molar-refractivity contribution in [2.45, 2.75) is 31.6 Å². The first-order valence-electron chi connectivity index (χ1n) is 5.06. The molecule has 0 unspecified atom stereocenters. The Morgan fingerprint density at radius 3 is 2.60 bits per heavy atom. The number of carboxylic acids is 1. The van der Waals surface area contributed by atoms with E-state index in [1.54, 1.807) is 6.07 Å². The summed E-state index contributed by atoms with van der Waals surface area (Å²) in [7, 11) is 0. The molecule has 1 N–H and O–H groups in total. The van der Waals surface area contributed by atoms with Crippen molar-refractivity contribution in [3.8, 4) is 0 Å². The van der Waals surface area contributed by atoms with Gasteiger partial charge in [0.15, 0.2) is 0 Å². The zero-order chi connectivity index (χ0) is 11.1. The topological polar surface area (TPSA) is 37.3 Å². The number of benzene rings is 1. The second-order valence-corrected chi connectivity index (χ2v) is 4.63. The summed E-state index contributed by atoms with van der Waals surface area (Å²) in [5, 5.41) is 9.87. The highest BCUT2D eigenvalue weighted by molar-refractivity contribution is 6.31. The Bertz CT molecular complexity index is 408. The number of aryl methyl sites for hydroxylation is 1. The van der Waals surface area contributed by atoms with Crippen LogP contribution < -0.4 is 0 Å². The summed E-state index contributed by atoms with van der Waals surface area (Å²) in [5.74, 6) is -0.749. The molecule has 2 nitrogen and oxygen atoms in total. The van der Waals surface area contributed by atoms with Gasteiger partial charge in [0.25, 0.3) is 0 Å². The van der Waals surface area contributed by atoms with E-state index in [4.69, 9.17) is 11.6 Å². The van der Waals surface area contributed by atoms with Gasteiger partial charge in [0, 0.05) is 5.02 Å². The average Bonchev–Trinajstić information content (AvgIpc) is 2.08. The third kappa shape index (κ3) is 1.53. The zero-order valence-corrected chi connectivity index (χ0v) is 9.34. The summed E-state index contributed by atoms with van der Waals surface area (Å²) >= 11 is 6.07. The minimum atomic E-state index is -0.749. The van der Waals surface area contributed by atoms with Crippen LogP contribution in [0.5, 0.6) is 0 Å². The Morgan fingerprint density at radius 1 is 1.47 bits per heavy atom. The highest BCUT2D eigenvalue weighted by Crippen LogP contribution is 2.46. The molecule has 15 heavy (non-hydrogen) atoms. The van der Waals surface area contributed by atoms with Crippen molar-refractivity contribution in [3.63, 3.8) is 0 Å². The minimum absolute atomic E-state index is 0.572. The van der Waals surface area contributed by atoms with Gasteiger partial charge >= 0.3 is 5.97 Å². The zero-order valence-electron chi connectivity index (χ0n) is 8.59. The molecule has 0 radical (unpaired) electrons. The molecule has 2 rings (SSSR count). The first kappa shape index (κ1) is 10.5. The molecule has 1 fully saturated rings. The molecule has 0 amide bonds. The number of hydrogen-bond acceptors (Lipinski definition) is 1. The maximum atomic E-state index is 11.3. The average molecular weight is 225 g/mol. The predicted octanol–water partition coefficient (Wildman–Crippen LogP) is 3.15. The summed E-state index contributed by atoms with van der Waals surface area (Å²) in [4.78, 5) is 11.3. The van der Waals surface area contributed by atoms with Gasteiger partial charge in [-0.05, 0) is 31.4 Å². The van der Waals surface area contributed by atoms with E-state index in [1.165, 1.54) is 0 Å². The van der Waals surface area contributed by atoms with Gasteiger partial charge in [0.1, 0.15) is 0 Å². The molecule has 1 aliphatic rings. The Labute approximate surface area is 93.9 Å². The van der Waals surface area contributed by atoms with Gasteiger partial charge < -0.3 is 5.11 Å². The van der Waals surface area contributed by atoms with Gasteiger partial charge in [-0.2, -0.15) is 0 Å². The van der Waals surface area contributed by atoms with Gasteiger partial charge in [0.2, 0.25) is 0 Å². The number of carboxylic acid groups (broad SMARTS) is 1. The Hall–Kier alpha value is -1.02. The number of carbonyl (C=O) groups is 1. The van der Waals surface area contributed by atoms with Crippen molar-refractivity contribution >= 4 is 17.6 Å². The fourth-order valence-electron chi connectivity index (χ4n) is 2.13. The van der Waals surface area contributed by atoms with Gasteiger partial charge in [-0.15, -0.1) is 0 Å². The van der Waals surface area contributed by atoms with E-state index >= 15 is 0 Å². The van der Waals surface area contributed by atoms with Crippen LogP contribution in [0.15, 0.2) is 18.2 Å². The molecule has 0 saturated heterocycles. The van der Waals surface area contributed by atoms with Crippen LogP contribution >= 0.6 is 11.6 Å².